The lowest BCUT2D eigenvalue weighted by Crippen LogP contribution is -2.16. The van der Waals surface area contributed by atoms with Gasteiger partial charge in [0, 0.05) is 24.7 Å². The molecular weight excluding hydrogens is 190 g/mol. The summed E-state index contributed by atoms with van der Waals surface area (Å²) in [6, 6.07) is 6.34. The third-order valence-corrected chi connectivity index (χ3v) is 2.77. The fourth-order valence-corrected chi connectivity index (χ4v) is 2.18. The number of thiol groups is 1. The maximum Gasteiger partial charge on any atom is 0.0499 e. The van der Waals surface area contributed by atoms with E-state index in [9.17, 15) is 0 Å². The van der Waals surface area contributed by atoms with Crippen LogP contribution < -0.4 is 4.90 Å². The smallest absolute Gasteiger partial charge is 0.0499 e. The van der Waals surface area contributed by atoms with Gasteiger partial charge in [0.05, 0.1) is 0 Å². The predicted molar refractivity (Wildman–Crippen MR) is 66.7 cm³/mol. The van der Waals surface area contributed by atoms with E-state index < -0.39 is 0 Å². The Morgan fingerprint density at radius 3 is 2.14 bits per heavy atom. The van der Waals surface area contributed by atoms with Gasteiger partial charge in [-0.15, -0.1) is 12.6 Å². The van der Waals surface area contributed by atoms with Gasteiger partial charge in [-0.3, -0.25) is 0 Å². The van der Waals surface area contributed by atoms with Gasteiger partial charge in [0.25, 0.3) is 0 Å². The fraction of sp³-hybridized carbons (Fsp3) is 0.500. The van der Waals surface area contributed by atoms with E-state index >= 15 is 0 Å². The zero-order chi connectivity index (χ0) is 10.9. The summed E-state index contributed by atoms with van der Waals surface area (Å²) < 4.78 is 0. The Morgan fingerprint density at radius 2 is 1.71 bits per heavy atom. The SMILES string of the molecule is CN(C)c1cccc(C(C)(C)C)c1S. The molecule has 0 saturated carbocycles. The zero-order valence-corrected chi connectivity index (χ0v) is 10.5. The quantitative estimate of drug-likeness (QED) is 0.694. The van der Waals surface area contributed by atoms with Crippen LogP contribution in [-0.4, -0.2) is 14.1 Å². The van der Waals surface area contributed by atoms with Crippen molar-refractivity contribution in [2.24, 2.45) is 0 Å². The van der Waals surface area contributed by atoms with E-state index in [4.69, 9.17) is 0 Å². The van der Waals surface area contributed by atoms with Gasteiger partial charge >= 0.3 is 0 Å². The second-order valence-corrected chi connectivity index (χ2v) is 5.26. The second kappa shape index (κ2) is 3.85. The van der Waals surface area contributed by atoms with Crippen molar-refractivity contribution in [3.63, 3.8) is 0 Å². The van der Waals surface area contributed by atoms with Gasteiger partial charge in [-0.25, -0.2) is 0 Å². The molecule has 0 unspecified atom stereocenters. The van der Waals surface area contributed by atoms with Crippen molar-refractivity contribution in [1.82, 2.24) is 0 Å². The minimum Gasteiger partial charge on any atom is -0.377 e. The number of benzene rings is 1. The first-order valence-corrected chi connectivity index (χ1v) is 5.28. The highest BCUT2D eigenvalue weighted by Crippen LogP contribution is 2.33. The summed E-state index contributed by atoms with van der Waals surface area (Å²) in [6.45, 7) is 6.63. The topological polar surface area (TPSA) is 3.24 Å². The lowest BCUT2D eigenvalue weighted by Gasteiger charge is -2.25. The maximum atomic E-state index is 4.60. The van der Waals surface area contributed by atoms with E-state index in [1.54, 1.807) is 0 Å². The van der Waals surface area contributed by atoms with Crippen molar-refractivity contribution in [3.05, 3.63) is 23.8 Å². The van der Waals surface area contributed by atoms with Crippen molar-refractivity contribution >= 4 is 18.3 Å². The van der Waals surface area contributed by atoms with Crippen LogP contribution in [0.4, 0.5) is 5.69 Å². The molecule has 0 radical (unpaired) electrons. The van der Waals surface area contributed by atoms with Gasteiger partial charge in [-0.2, -0.15) is 0 Å². The molecule has 1 aromatic rings. The van der Waals surface area contributed by atoms with Crippen LogP contribution in [0, 0.1) is 0 Å². The highest BCUT2D eigenvalue weighted by molar-refractivity contribution is 7.80. The average Bonchev–Trinajstić information content (AvgIpc) is 2.01. The van der Waals surface area contributed by atoms with Crippen molar-refractivity contribution < 1.29 is 0 Å². The van der Waals surface area contributed by atoms with E-state index in [0.29, 0.717) is 0 Å². The summed E-state index contributed by atoms with van der Waals surface area (Å²) in [5.74, 6) is 0. The molecule has 1 nitrogen and oxygen atoms in total. The molecule has 0 amide bonds. The molecular formula is C12H19NS. The Kier molecular flexibility index (Phi) is 3.15. The lowest BCUT2D eigenvalue weighted by atomic mass is 9.86. The van der Waals surface area contributed by atoms with E-state index in [2.05, 4.69) is 56.5 Å². The van der Waals surface area contributed by atoms with Crippen LogP contribution in [0.1, 0.15) is 26.3 Å². The van der Waals surface area contributed by atoms with Crippen molar-refractivity contribution in [2.75, 3.05) is 19.0 Å². The first-order valence-electron chi connectivity index (χ1n) is 4.84. The van der Waals surface area contributed by atoms with Gasteiger partial charge in [-0.1, -0.05) is 32.9 Å². The standard InChI is InChI=1S/C12H19NS/c1-12(2,3)9-7-6-8-10(11(9)14)13(4)5/h6-8,14H,1-5H3. The van der Waals surface area contributed by atoms with Crippen LogP contribution in [0.3, 0.4) is 0 Å². The Hall–Kier alpha value is -0.630. The molecule has 0 aromatic heterocycles. The van der Waals surface area contributed by atoms with Gasteiger partial charge in [0.2, 0.25) is 0 Å². The molecule has 0 saturated heterocycles. The highest BCUT2D eigenvalue weighted by atomic mass is 32.1. The molecule has 0 aliphatic heterocycles. The second-order valence-electron chi connectivity index (χ2n) is 4.82. The van der Waals surface area contributed by atoms with Crippen molar-refractivity contribution in [1.29, 1.82) is 0 Å². The molecule has 0 spiro atoms. The summed E-state index contributed by atoms with van der Waals surface area (Å²) in [6.07, 6.45) is 0. The number of nitrogens with zero attached hydrogens (tertiary/aromatic N) is 1. The Morgan fingerprint density at radius 1 is 1.14 bits per heavy atom. The molecule has 0 aliphatic carbocycles. The zero-order valence-electron chi connectivity index (χ0n) is 9.63. The summed E-state index contributed by atoms with van der Waals surface area (Å²) >= 11 is 4.60. The molecule has 1 rings (SSSR count). The third kappa shape index (κ3) is 2.24. The summed E-state index contributed by atoms with van der Waals surface area (Å²) in [4.78, 5) is 3.18. The summed E-state index contributed by atoms with van der Waals surface area (Å²) in [7, 11) is 4.09. The van der Waals surface area contributed by atoms with Crippen LogP contribution in [0.25, 0.3) is 0 Å². The van der Waals surface area contributed by atoms with E-state index in [1.807, 2.05) is 14.1 Å². The van der Waals surface area contributed by atoms with Crippen LogP contribution in [-0.2, 0) is 5.41 Å². The van der Waals surface area contributed by atoms with Gasteiger partial charge in [0.15, 0.2) is 0 Å². The third-order valence-electron chi connectivity index (χ3n) is 2.30. The number of hydrogen-bond donors (Lipinski definition) is 1. The van der Waals surface area contributed by atoms with Crippen LogP contribution in [0.15, 0.2) is 23.1 Å². The number of anilines is 1. The van der Waals surface area contributed by atoms with E-state index in [-0.39, 0.29) is 5.41 Å². The molecule has 1 aromatic carbocycles. The molecule has 0 fully saturated rings. The fourth-order valence-electron chi connectivity index (χ4n) is 1.50. The summed E-state index contributed by atoms with van der Waals surface area (Å²) in [5, 5.41) is 0. The monoisotopic (exact) mass is 209 g/mol. The largest absolute Gasteiger partial charge is 0.377 e. The highest BCUT2D eigenvalue weighted by Gasteiger charge is 2.18. The molecule has 2 heteroatoms. The first kappa shape index (κ1) is 11.4. The maximum absolute atomic E-state index is 4.60. The molecule has 0 bridgehead atoms. The predicted octanol–water partition coefficient (Wildman–Crippen LogP) is 3.34. The van der Waals surface area contributed by atoms with Gasteiger partial charge in [-0.05, 0) is 17.0 Å². The Bertz CT molecular complexity index is 324. The van der Waals surface area contributed by atoms with Crippen molar-refractivity contribution in [3.8, 4) is 0 Å². The number of hydrogen-bond acceptors (Lipinski definition) is 2. The average molecular weight is 209 g/mol. The minimum absolute atomic E-state index is 0.156. The van der Waals surface area contributed by atoms with Gasteiger partial charge in [0.1, 0.15) is 0 Å². The van der Waals surface area contributed by atoms with E-state index in [0.717, 1.165) is 4.90 Å². The normalized spacial score (nSPS) is 11.6. The molecule has 0 heterocycles. The van der Waals surface area contributed by atoms with Gasteiger partial charge < -0.3 is 4.90 Å². The first-order chi connectivity index (χ1) is 6.34. The Labute approximate surface area is 92.5 Å². The molecule has 0 atom stereocenters. The molecule has 78 valence electrons. The van der Waals surface area contributed by atoms with Crippen LogP contribution >= 0.6 is 12.6 Å². The van der Waals surface area contributed by atoms with Crippen LogP contribution in [0.5, 0.6) is 0 Å². The summed E-state index contributed by atoms with van der Waals surface area (Å²) in [5.41, 5.74) is 2.64. The van der Waals surface area contributed by atoms with Crippen LogP contribution in [0.2, 0.25) is 0 Å². The molecule has 0 aliphatic rings. The Balaban J connectivity index is 3.28. The molecule has 0 N–H and O–H groups in total. The lowest BCUT2D eigenvalue weighted by molar-refractivity contribution is 0.578. The number of rotatable bonds is 1. The van der Waals surface area contributed by atoms with E-state index in [1.165, 1.54) is 11.3 Å². The van der Waals surface area contributed by atoms with Crippen molar-refractivity contribution in [2.45, 2.75) is 31.1 Å². The minimum atomic E-state index is 0.156. The molecule has 14 heavy (non-hydrogen) atoms.